The Kier molecular flexibility index (Phi) is 5.10. The SMILES string of the molecule is Cc1ccc(C2CN(Cc3ccc(OCc4ccccc4)cc3)N=N2)cn1. The summed E-state index contributed by atoms with van der Waals surface area (Å²) < 4.78 is 5.84. The van der Waals surface area contributed by atoms with E-state index in [2.05, 4.69) is 45.7 Å². The van der Waals surface area contributed by atoms with Crippen LogP contribution in [0, 0.1) is 6.92 Å². The number of aryl methyl sites for hydroxylation is 1. The van der Waals surface area contributed by atoms with Crippen LogP contribution in [0.25, 0.3) is 0 Å². The third-order valence-corrected chi connectivity index (χ3v) is 4.56. The number of benzene rings is 2. The minimum atomic E-state index is 0.0616. The molecule has 0 saturated heterocycles. The van der Waals surface area contributed by atoms with Crippen LogP contribution < -0.4 is 4.74 Å². The Morgan fingerprint density at radius 2 is 1.78 bits per heavy atom. The number of aromatic nitrogens is 1. The fourth-order valence-electron chi connectivity index (χ4n) is 3.00. The molecule has 1 aromatic heterocycles. The van der Waals surface area contributed by atoms with E-state index in [0.717, 1.165) is 35.7 Å². The van der Waals surface area contributed by atoms with Crippen LogP contribution >= 0.6 is 0 Å². The van der Waals surface area contributed by atoms with Crippen molar-refractivity contribution in [1.29, 1.82) is 0 Å². The van der Waals surface area contributed by atoms with Crippen LogP contribution in [0.3, 0.4) is 0 Å². The molecule has 0 bridgehead atoms. The van der Waals surface area contributed by atoms with Gasteiger partial charge in [-0.15, -0.1) is 0 Å². The van der Waals surface area contributed by atoms with Crippen LogP contribution in [0.5, 0.6) is 5.75 Å². The maximum atomic E-state index is 5.84. The summed E-state index contributed by atoms with van der Waals surface area (Å²) in [6.45, 7) is 4.07. The van der Waals surface area contributed by atoms with Crippen molar-refractivity contribution >= 4 is 0 Å². The van der Waals surface area contributed by atoms with Crippen LogP contribution in [0.4, 0.5) is 0 Å². The van der Waals surface area contributed by atoms with Gasteiger partial charge in [0, 0.05) is 11.9 Å². The zero-order chi connectivity index (χ0) is 18.5. The Labute approximate surface area is 159 Å². The zero-order valence-corrected chi connectivity index (χ0v) is 15.3. The second-order valence-corrected chi connectivity index (χ2v) is 6.72. The van der Waals surface area contributed by atoms with Gasteiger partial charge in [0.1, 0.15) is 18.4 Å². The van der Waals surface area contributed by atoms with E-state index in [1.54, 1.807) is 0 Å². The van der Waals surface area contributed by atoms with Crippen molar-refractivity contribution in [3.8, 4) is 5.75 Å². The average molecular weight is 358 g/mol. The Balaban J connectivity index is 1.30. The second kappa shape index (κ2) is 7.99. The summed E-state index contributed by atoms with van der Waals surface area (Å²) in [5.74, 6) is 0.870. The molecule has 1 aliphatic heterocycles. The van der Waals surface area contributed by atoms with Crippen molar-refractivity contribution in [2.75, 3.05) is 6.54 Å². The van der Waals surface area contributed by atoms with Gasteiger partial charge in [0.05, 0.1) is 13.1 Å². The summed E-state index contributed by atoms with van der Waals surface area (Å²) >= 11 is 0. The maximum absolute atomic E-state index is 5.84. The molecular formula is C22H22N4O. The zero-order valence-electron chi connectivity index (χ0n) is 15.3. The third kappa shape index (κ3) is 4.50. The molecule has 1 unspecified atom stereocenters. The number of rotatable bonds is 6. The molecule has 2 heterocycles. The highest BCUT2D eigenvalue weighted by atomic mass is 16.5. The number of hydrogen-bond acceptors (Lipinski definition) is 5. The first-order chi connectivity index (χ1) is 13.3. The van der Waals surface area contributed by atoms with Gasteiger partial charge in [0.25, 0.3) is 0 Å². The first-order valence-electron chi connectivity index (χ1n) is 9.10. The van der Waals surface area contributed by atoms with Crippen molar-refractivity contribution in [1.82, 2.24) is 9.99 Å². The number of hydrogen-bond donors (Lipinski definition) is 0. The molecule has 0 aliphatic carbocycles. The molecule has 5 heteroatoms. The summed E-state index contributed by atoms with van der Waals surface area (Å²) in [4.78, 5) is 4.35. The molecular weight excluding hydrogens is 336 g/mol. The van der Waals surface area contributed by atoms with E-state index in [1.165, 1.54) is 5.56 Å². The minimum absolute atomic E-state index is 0.0616. The number of ether oxygens (including phenoxy) is 1. The van der Waals surface area contributed by atoms with Gasteiger partial charge in [-0.1, -0.05) is 53.8 Å². The number of pyridine rings is 1. The van der Waals surface area contributed by atoms with Crippen LogP contribution in [0.15, 0.2) is 83.3 Å². The molecule has 0 radical (unpaired) electrons. The lowest BCUT2D eigenvalue weighted by Gasteiger charge is -2.14. The van der Waals surface area contributed by atoms with Crippen LogP contribution in [0.2, 0.25) is 0 Å². The van der Waals surface area contributed by atoms with Gasteiger partial charge in [-0.25, -0.2) is 0 Å². The quantitative estimate of drug-likeness (QED) is 0.630. The van der Waals surface area contributed by atoms with Crippen molar-refractivity contribution < 1.29 is 4.74 Å². The predicted octanol–water partition coefficient (Wildman–Crippen LogP) is 4.89. The van der Waals surface area contributed by atoms with Gasteiger partial charge in [-0.3, -0.25) is 9.99 Å². The Morgan fingerprint density at radius 3 is 2.52 bits per heavy atom. The van der Waals surface area contributed by atoms with Crippen LogP contribution in [-0.4, -0.2) is 16.5 Å². The van der Waals surface area contributed by atoms with E-state index in [1.807, 2.05) is 54.5 Å². The smallest absolute Gasteiger partial charge is 0.119 e. The van der Waals surface area contributed by atoms with E-state index in [0.29, 0.717) is 6.61 Å². The lowest BCUT2D eigenvalue weighted by molar-refractivity contribution is 0.298. The van der Waals surface area contributed by atoms with Crippen molar-refractivity contribution in [3.05, 3.63) is 95.3 Å². The summed E-state index contributed by atoms with van der Waals surface area (Å²) in [7, 11) is 0. The fraction of sp³-hybridized carbons (Fsp3) is 0.227. The highest BCUT2D eigenvalue weighted by Gasteiger charge is 2.21. The summed E-state index contributed by atoms with van der Waals surface area (Å²) in [6.07, 6.45) is 1.89. The molecule has 0 fully saturated rings. The van der Waals surface area contributed by atoms with E-state index in [-0.39, 0.29) is 6.04 Å². The lowest BCUT2D eigenvalue weighted by Crippen LogP contribution is -2.17. The summed E-state index contributed by atoms with van der Waals surface area (Å²) in [5, 5.41) is 10.7. The first-order valence-corrected chi connectivity index (χ1v) is 9.10. The predicted molar refractivity (Wildman–Crippen MR) is 104 cm³/mol. The topological polar surface area (TPSA) is 50.1 Å². The Morgan fingerprint density at radius 1 is 0.963 bits per heavy atom. The van der Waals surface area contributed by atoms with Crippen LogP contribution in [-0.2, 0) is 13.2 Å². The molecule has 27 heavy (non-hydrogen) atoms. The maximum Gasteiger partial charge on any atom is 0.119 e. The van der Waals surface area contributed by atoms with E-state index >= 15 is 0 Å². The fourth-order valence-corrected chi connectivity index (χ4v) is 3.00. The van der Waals surface area contributed by atoms with Gasteiger partial charge in [0.15, 0.2) is 0 Å². The summed E-state index contributed by atoms with van der Waals surface area (Å²) in [6, 6.07) is 22.5. The molecule has 1 aliphatic rings. The second-order valence-electron chi connectivity index (χ2n) is 6.72. The molecule has 0 N–H and O–H groups in total. The molecule has 5 nitrogen and oxygen atoms in total. The molecule has 0 amide bonds. The standard InChI is InChI=1S/C22H22N4O/c1-17-7-10-20(13-23-17)22-15-26(25-24-22)14-18-8-11-21(12-9-18)27-16-19-5-3-2-4-6-19/h2-13,22H,14-16H2,1H3. The monoisotopic (exact) mass is 358 g/mol. The van der Waals surface area contributed by atoms with E-state index in [9.17, 15) is 0 Å². The molecule has 0 spiro atoms. The van der Waals surface area contributed by atoms with E-state index in [4.69, 9.17) is 4.74 Å². The van der Waals surface area contributed by atoms with Crippen molar-refractivity contribution in [2.45, 2.75) is 26.1 Å². The molecule has 4 rings (SSSR count). The Bertz CT molecular complexity index is 892. The molecule has 136 valence electrons. The molecule has 3 aromatic rings. The van der Waals surface area contributed by atoms with Gasteiger partial charge in [-0.05, 0) is 41.8 Å². The van der Waals surface area contributed by atoms with Crippen molar-refractivity contribution in [3.63, 3.8) is 0 Å². The highest BCUT2D eigenvalue weighted by Crippen LogP contribution is 2.26. The lowest BCUT2D eigenvalue weighted by atomic mass is 10.1. The molecule has 0 saturated carbocycles. The third-order valence-electron chi connectivity index (χ3n) is 4.56. The highest BCUT2D eigenvalue weighted by molar-refractivity contribution is 5.28. The largest absolute Gasteiger partial charge is 0.489 e. The first kappa shape index (κ1) is 17.2. The normalized spacial score (nSPS) is 15.9. The average Bonchev–Trinajstić information content (AvgIpc) is 3.17. The number of nitrogens with zero attached hydrogens (tertiary/aromatic N) is 4. The van der Waals surface area contributed by atoms with E-state index < -0.39 is 0 Å². The van der Waals surface area contributed by atoms with Gasteiger partial charge in [-0.2, -0.15) is 5.11 Å². The van der Waals surface area contributed by atoms with Gasteiger partial charge < -0.3 is 4.74 Å². The summed E-state index contributed by atoms with van der Waals surface area (Å²) in [5.41, 5.74) is 4.47. The molecule has 2 aromatic carbocycles. The van der Waals surface area contributed by atoms with Gasteiger partial charge >= 0.3 is 0 Å². The minimum Gasteiger partial charge on any atom is -0.489 e. The Hall–Kier alpha value is -3.21. The van der Waals surface area contributed by atoms with Gasteiger partial charge in [0.2, 0.25) is 0 Å². The van der Waals surface area contributed by atoms with Crippen LogP contribution in [0.1, 0.15) is 28.4 Å². The molecule has 1 atom stereocenters. The van der Waals surface area contributed by atoms with Crippen molar-refractivity contribution in [2.24, 2.45) is 10.3 Å².